The molecule has 0 aliphatic carbocycles. The molecule has 10 heteroatoms. The second-order valence-electron chi connectivity index (χ2n) is 6.93. The molecule has 0 unspecified atom stereocenters. The molecule has 0 aromatic heterocycles. The number of hydrogen-bond donors (Lipinski definition) is 1. The summed E-state index contributed by atoms with van der Waals surface area (Å²) in [5.74, 6) is -3.00. The molecule has 1 heterocycles. The number of carbonyl (C=O) groups is 1. The Morgan fingerprint density at radius 1 is 1.03 bits per heavy atom. The fourth-order valence-corrected chi connectivity index (χ4v) is 3.76. The molecule has 2 aromatic carbocycles. The van der Waals surface area contributed by atoms with E-state index in [2.05, 4.69) is 10.2 Å². The summed E-state index contributed by atoms with van der Waals surface area (Å²) < 4.78 is 66.9. The van der Waals surface area contributed by atoms with Crippen molar-refractivity contribution in [3.05, 3.63) is 53.6 Å². The summed E-state index contributed by atoms with van der Waals surface area (Å²) in [6.07, 6.45) is -4.64. The maximum Gasteiger partial charge on any atom is 0.418 e. The van der Waals surface area contributed by atoms with Gasteiger partial charge in [-0.2, -0.15) is 13.2 Å². The molecule has 3 rings (SSSR count). The van der Waals surface area contributed by atoms with Crippen molar-refractivity contribution in [1.82, 2.24) is 4.90 Å². The third-order valence-corrected chi connectivity index (χ3v) is 5.71. The van der Waals surface area contributed by atoms with E-state index >= 15 is 0 Å². The number of amides is 1. The van der Waals surface area contributed by atoms with Gasteiger partial charge in [-0.25, -0.2) is 8.78 Å². The Morgan fingerprint density at radius 2 is 1.73 bits per heavy atom. The van der Waals surface area contributed by atoms with Crippen molar-refractivity contribution in [3.63, 3.8) is 0 Å². The first kappa shape index (κ1) is 22.4. The number of carbonyl (C=O) groups excluding carboxylic acids is 1. The van der Waals surface area contributed by atoms with Gasteiger partial charge in [0, 0.05) is 36.8 Å². The maximum atomic E-state index is 13.6. The minimum Gasteiger partial charge on any atom is -0.369 e. The quantitative estimate of drug-likeness (QED) is 0.544. The number of piperazine rings is 1. The SMILES string of the molecule is CN1CCN(c2ccc(NC(=O)CSc3ccc(F)c(F)c3)c(C(F)(F)F)c2)CC1. The fraction of sp³-hybridized carbons (Fsp3) is 0.350. The van der Waals surface area contributed by atoms with Gasteiger partial charge < -0.3 is 15.1 Å². The number of benzene rings is 2. The van der Waals surface area contributed by atoms with E-state index in [0.717, 1.165) is 43.1 Å². The lowest BCUT2D eigenvalue weighted by Crippen LogP contribution is -2.44. The lowest BCUT2D eigenvalue weighted by molar-refractivity contribution is -0.136. The summed E-state index contributed by atoms with van der Waals surface area (Å²) >= 11 is 0.897. The van der Waals surface area contributed by atoms with Crippen molar-refractivity contribution in [3.8, 4) is 0 Å². The normalized spacial score (nSPS) is 15.3. The first-order valence-electron chi connectivity index (χ1n) is 9.16. The second-order valence-corrected chi connectivity index (χ2v) is 7.98. The third kappa shape index (κ3) is 5.63. The van der Waals surface area contributed by atoms with Gasteiger partial charge in [-0.15, -0.1) is 11.8 Å². The molecule has 1 aliphatic heterocycles. The predicted molar refractivity (Wildman–Crippen MR) is 107 cm³/mol. The molecular weight excluding hydrogens is 425 g/mol. The van der Waals surface area contributed by atoms with Gasteiger partial charge in [0.25, 0.3) is 0 Å². The fourth-order valence-electron chi connectivity index (χ4n) is 3.04. The number of likely N-dealkylation sites (N-methyl/N-ethyl adjacent to an activating group) is 1. The number of anilines is 2. The Balaban J connectivity index is 1.70. The van der Waals surface area contributed by atoms with E-state index in [4.69, 9.17) is 0 Å². The third-order valence-electron chi connectivity index (χ3n) is 4.71. The van der Waals surface area contributed by atoms with Crippen LogP contribution in [0, 0.1) is 11.6 Å². The summed E-state index contributed by atoms with van der Waals surface area (Å²) in [4.78, 5) is 16.4. The van der Waals surface area contributed by atoms with Crippen molar-refractivity contribution in [2.45, 2.75) is 11.1 Å². The molecule has 0 bridgehead atoms. The Hall–Kier alpha value is -2.33. The smallest absolute Gasteiger partial charge is 0.369 e. The maximum absolute atomic E-state index is 13.6. The van der Waals surface area contributed by atoms with Gasteiger partial charge in [-0.05, 0) is 43.4 Å². The monoisotopic (exact) mass is 445 g/mol. The van der Waals surface area contributed by atoms with E-state index < -0.39 is 29.3 Å². The molecule has 1 saturated heterocycles. The van der Waals surface area contributed by atoms with Gasteiger partial charge >= 0.3 is 6.18 Å². The Morgan fingerprint density at radius 3 is 2.37 bits per heavy atom. The zero-order valence-electron chi connectivity index (χ0n) is 16.1. The van der Waals surface area contributed by atoms with Crippen molar-refractivity contribution in [2.75, 3.05) is 49.2 Å². The zero-order valence-corrected chi connectivity index (χ0v) is 16.9. The van der Waals surface area contributed by atoms with Crippen molar-refractivity contribution >= 4 is 29.0 Å². The average Bonchev–Trinajstić information content (AvgIpc) is 2.69. The van der Waals surface area contributed by atoms with Crippen molar-refractivity contribution < 1.29 is 26.7 Å². The molecule has 0 atom stereocenters. The van der Waals surface area contributed by atoms with Crippen LogP contribution in [0.3, 0.4) is 0 Å². The van der Waals surface area contributed by atoms with Gasteiger partial charge in [-0.1, -0.05) is 0 Å². The molecule has 2 aromatic rings. The molecule has 1 N–H and O–H groups in total. The van der Waals surface area contributed by atoms with Crippen molar-refractivity contribution in [1.29, 1.82) is 0 Å². The van der Waals surface area contributed by atoms with Crippen LogP contribution in [-0.4, -0.2) is 49.8 Å². The number of nitrogens with one attached hydrogen (secondary N) is 1. The summed E-state index contributed by atoms with van der Waals surface area (Å²) in [5.41, 5.74) is -0.814. The van der Waals surface area contributed by atoms with Gasteiger partial charge in [-0.3, -0.25) is 4.79 Å². The van der Waals surface area contributed by atoms with E-state index in [9.17, 15) is 26.7 Å². The van der Waals surface area contributed by atoms with Gasteiger partial charge in [0.1, 0.15) is 0 Å². The number of nitrogens with zero attached hydrogens (tertiary/aromatic N) is 2. The van der Waals surface area contributed by atoms with Gasteiger partial charge in [0.2, 0.25) is 5.91 Å². The number of halogens is 5. The highest BCUT2D eigenvalue weighted by Gasteiger charge is 2.35. The first-order chi connectivity index (χ1) is 14.1. The zero-order chi connectivity index (χ0) is 21.9. The van der Waals surface area contributed by atoms with Crippen LogP contribution in [0.2, 0.25) is 0 Å². The summed E-state index contributed by atoms with van der Waals surface area (Å²) in [7, 11) is 1.95. The van der Waals surface area contributed by atoms with Crippen LogP contribution in [-0.2, 0) is 11.0 Å². The largest absolute Gasteiger partial charge is 0.418 e. The molecule has 4 nitrogen and oxygen atoms in total. The lowest BCUT2D eigenvalue weighted by atomic mass is 10.1. The summed E-state index contributed by atoms with van der Waals surface area (Å²) in [5, 5.41) is 2.28. The van der Waals surface area contributed by atoms with Crippen LogP contribution in [0.15, 0.2) is 41.3 Å². The minimum atomic E-state index is -4.64. The predicted octanol–water partition coefficient (Wildman–Crippen LogP) is 4.47. The van der Waals surface area contributed by atoms with E-state index in [0.29, 0.717) is 23.7 Å². The Labute approximate surface area is 175 Å². The van der Waals surface area contributed by atoms with Gasteiger partial charge in [0.05, 0.1) is 17.0 Å². The van der Waals surface area contributed by atoms with E-state index in [1.807, 2.05) is 11.9 Å². The summed E-state index contributed by atoms with van der Waals surface area (Å²) in [6.45, 7) is 2.73. The number of hydrogen-bond acceptors (Lipinski definition) is 4. The lowest BCUT2D eigenvalue weighted by Gasteiger charge is -2.34. The van der Waals surface area contributed by atoms with E-state index in [1.54, 1.807) is 6.07 Å². The first-order valence-corrected chi connectivity index (χ1v) is 10.1. The summed E-state index contributed by atoms with van der Waals surface area (Å²) in [6, 6.07) is 6.99. The number of thioether (sulfide) groups is 1. The van der Waals surface area contributed by atoms with E-state index in [-0.39, 0.29) is 11.4 Å². The number of rotatable bonds is 5. The highest BCUT2D eigenvalue weighted by molar-refractivity contribution is 8.00. The molecule has 30 heavy (non-hydrogen) atoms. The average molecular weight is 445 g/mol. The number of alkyl halides is 3. The topological polar surface area (TPSA) is 35.6 Å². The molecule has 0 spiro atoms. The van der Waals surface area contributed by atoms with Crippen LogP contribution in [0.5, 0.6) is 0 Å². The molecular formula is C20H20F5N3OS. The second kappa shape index (κ2) is 9.22. The van der Waals surface area contributed by atoms with Crippen molar-refractivity contribution in [2.24, 2.45) is 0 Å². The minimum absolute atomic E-state index is 0.247. The molecule has 0 saturated carbocycles. The molecule has 1 fully saturated rings. The standard InChI is InChI=1S/C20H20F5N3OS/c1-27-6-8-28(9-7-27)13-2-5-18(15(10-13)20(23,24)25)26-19(29)12-30-14-3-4-16(21)17(22)11-14/h2-5,10-11H,6-9,12H2,1H3,(H,26,29). The van der Waals surface area contributed by atoms with Crippen LogP contribution in [0.4, 0.5) is 33.3 Å². The van der Waals surface area contributed by atoms with Crippen LogP contribution in [0.1, 0.15) is 5.56 Å². The van der Waals surface area contributed by atoms with E-state index in [1.165, 1.54) is 12.1 Å². The van der Waals surface area contributed by atoms with Crippen LogP contribution in [0.25, 0.3) is 0 Å². The molecule has 162 valence electrons. The Bertz CT molecular complexity index is 914. The van der Waals surface area contributed by atoms with Gasteiger partial charge in [0.15, 0.2) is 11.6 Å². The highest BCUT2D eigenvalue weighted by Crippen LogP contribution is 2.37. The molecule has 1 aliphatic rings. The molecule has 1 amide bonds. The highest BCUT2D eigenvalue weighted by atomic mass is 32.2. The van der Waals surface area contributed by atoms with Crippen LogP contribution < -0.4 is 10.2 Å². The molecule has 0 radical (unpaired) electrons. The van der Waals surface area contributed by atoms with Crippen LogP contribution >= 0.6 is 11.8 Å². The Kier molecular flexibility index (Phi) is 6.87.